The van der Waals surface area contributed by atoms with Crippen molar-refractivity contribution in [2.45, 2.75) is 44.1 Å². The van der Waals surface area contributed by atoms with Crippen molar-refractivity contribution in [2.24, 2.45) is 17.8 Å². The minimum absolute atomic E-state index is 0.0241. The van der Waals surface area contributed by atoms with Crippen molar-refractivity contribution in [3.63, 3.8) is 0 Å². The molecule has 1 amide bonds. The number of hydrogen-bond donors (Lipinski definition) is 3. The maximum atomic E-state index is 12.6. The lowest BCUT2D eigenvalue weighted by molar-refractivity contribution is -0.0166. The Hall–Kier alpha value is -1.71. The molecular weight excluding hydrogens is 264 g/mol. The highest BCUT2D eigenvalue weighted by Crippen LogP contribution is 2.55. The Morgan fingerprint density at radius 3 is 2.29 bits per heavy atom. The Morgan fingerprint density at radius 2 is 1.71 bits per heavy atom. The molecule has 4 nitrogen and oxygen atoms in total. The summed E-state index contributed by atoms with van der Waals surface area (Å²) in [6, 6.07) is 4.56. The van der Waals surface area contributed by atoms with Crippen molar-refractivity contribution >= 4 is 11.6 Å². The number of amides is 1. The second-order valence-corrected chi connectivity index (χ2v) is 7.42. The summed E-state index contributed by atoms with van der Waals surface area (Å²) in [7, 11) is 0. The standard InChI is InChI=1S/C17H22N2O2/c18-15-2-1-13(20)6-14(15)16(21)19-17-7-10-3-11(8-17)5-12(4-10)9-17/h1-2,6,10-12,20H,3-5,7-9,18H2,(H,19,21). The zero-order chi connectivity index (χ0) is 14.6. The molecule has 4 aliphatic carbocycles. The highest BCUT2D eigenvalue weighted by molar-refractivity contribution is 6.00. The van der Waals surface area contributed by atoms with Gasteiger partial charge in [-0.25, -0.2) is 0 Å². The number of carbonyl (C=O) groups excluding carboxylic acids is 1. The van der Waals surface area contributed by atoms with Crippen molar-refractivity contribution in [3.8, 4) is 5.75 Å². The van der Waals surface area contributed by atoms with Crippen LogP contribution in [0.25, 0.3) is 0 Å². The Labute approximate surface area is 124 Å². The molecule has 5 rings (SSSR count). The molecule has 1 aromatic rings. The fraction of sp³-hybridized carbons (Fsp3) is 0.588. The second kappa shape index (κ2) is 4.39. The molecular formula is C17H22N2O2. The first-order valence-corrected chi connectivity index (χ1v) is 7.94. The van der Waals surface area contributed by atoms with Gasteiger partial charge in [-0.3, -0.25) is 4.79 Å². The SMILES string of the molecule is Nc1ccc(O)cc1C(=O)NC12CC3CC(CC(C3)C1)C2. The van der Waals surface area contributed by atoms with E-state index in [1.54, 1.807) is 6.07 Å². The third-order valence-corrected chi connectivity index (χ3v) is 5.70. The van der Waals surface area contributed by atoms with E-state index in [9.17, 15) is 9.90 Å². The molecule has 0 aromatic heterocycles. The second-order valence-electron chi connectivity index (χ2n) is 7.42. The predicted molar refractivity (Wildman–Crippen MR) is 80.9 cm³/mol. The fourth-order valence-electron chi connectivity index (χ4n) is 5.31. The summed E-state index contributed by atoms with van der Waals surface area (Å²) in [5.74, 6) is 2.32. The molecule has 0 atom stereocenters. The number of phenols is 1. The summed E-state index contributed by atoms with van der Waals surface area (Å²) < 4.78 is 0. The van der Waals surface area contributed by atoms with Crippen molar-refractivity contribution in [3.05, 3.63) is 23.8 Å². The molecule has 4 aliphatic rings. The predicted octanol–water partition coefficient (Wildman–Crippen LogP) is 2.67. The molecule has 4 bridgehead atoms. The number of nitrogens with one attached hydrogen (secondary N) is 1. The largest absolute Gasteiger partial charge is 0.508 e. The van der Waals surface area contributed by atoms with Crippen LogP contribution < -0.4 is 11.1 Å². The maximum absolute atomic E-state index is 12.6. The minimum atomic E-state index is -0.134. The molecule has 4 fully saturated rings. The average molecular weight is 286 g/mol. The van der Waals surface area contributed by atoms with E-state index in [-0.39, 0.29) is 17.2 Å². The molecule has 0 heterocycles. The number of anilines is 1. The molecule has 0 spiro atoms. The van der Waals surface area contributed by atoms with Gasteiger partial charge in [-0.2, -0.15) is 0 Å². The lowest BCUT2D eigenvalue weighted by Crippen LogP contribution is -2.59. The smallest absolute Gasteiger partial charge is 0.253 e. The van der Waals surface area contributed by atoms with Crippen LogP contribution in [0.3, 0.4) is 0 Å². The van der Waals surface area contributed by atoms with Crippen LogP contribution >= 0.6 is 0 Å². The van der Waals surface area contributed by atoms with Crippen LogP contribution in [0.1, 0.15) is 48.9 Å². The van der Waals surface area contributed by atoms with E-state index < -0.39 is 0 Å². The number of nitrogen functional groups attached to an aromatic ring is 1. The molecule has 112 valence electrons. The Balaban J connectivity index is 1.58. The van der Waals surface area contributed by atoms with Gasteiger partial charge in [0.25, 0.3) is 5.91 Å². The summed E-state index contributed by atoms with van der Waals surface area (Å²) >= 11 is 0. The Kier molecular flexibility index (Phi) is 2.72. The van der Waals surface area contributed by atoms with E-state index >= 15 is 0 Å². The molecule has 4 saturated carbocycles. The summed E-state index contributed by atoms with van der Waals surface area (Å²) in [6.07, 6.45) is 7.40. The first-order chi connectivity index (χ1) is 10.0. The molecule has 21 heavy (non-hydrogen) atoms. The van der Waals surface area contributed by atoms with E-state index in [1.807, 2.05) is 0 Å². The van der Waals surface area contributed by atoms with Gasteiger partial charge in [0.1, 0.15) is 5.75 Å². The van der Waals surface area contributed by atoms with Gasteiger partial charge in [0.05, 0.1) is 5.56 Å². The Bertz CT molecular complexity index is 561. The van der Waals surface area contributed by atoms with Crippen molar-refractivity contribution in [1.29, 1.82) is 0 Å². The quantitative estimate of drug-likeness (QED) is 0.578. The monoisotopic (exact) mass is 286 g/mol. The van der Waals surface area contributed by atoms with E-state index in [1.165, 1.54) is 31.4 Å². The van der Waals surface area contributed by atoms with Gasteiger partial charge in [-0.15, -0.1) is 0 Å². The fourth-order valence-corrected chi connectivity index (χ4v) is 5.31. The van der Waals surface area contributed by atoms with Crippen LogP contribution in [0.2, 0.25) is 0 Å². The summed E-state index contributed by atoms with van der Waals surface area (Å²) in [6.45, 7) is 0. The van der Waals surface area contributed by atoms with Gasteiger partial charge < -0.3 is 16.2 Å². The van der Waals surface area contributed by atoms with Crippen LogP contribution in [-0.4, -0.2) is 16.6 Å². The highest BCUT2D eigenvalue weighted by atomic mass is 16.3. The number of aromatic hydroxyl groups is 1. The first-order valence-electron chi connectivity index (χ1n) is 7.94. The third kappa shape index (κ3) is 2.17. The van der Waals surface area contributed by atoms with E-state index in [0.29, 0.717) is 11.3 Å². The van der Waals surface area contributed by atoms with Crippen molar-refractivity contribution < 1.29 is 9.90 Å². The average Bonchev–Trinajstić information content (AvgIpc) is 2.39. The van der Waals surface area contributed by atoms with Gasteiger partial charge >= 0.3 is 0 Å². The van der Waals surface area contributed by atoms with E-state index in [0.717, 1.165) is 37.0 Å². The number of phenolic OH excluding ortho intramolecular Hbond substituents is 1. The van der Waals surface area contributed by atoms with Crippen molar-refractivity contribution in [1.82, 2.24) is 5.32 Å². The molecule has 1 aromatic carbocycles. The van der Waals surface area contributed by atoms with Crippen LogP contribution in [0, 0.1) is 17.8 Å². The number of hydrogen-bond acceptors (Lipinski definition) is 3. The zero-order valence-electron chi connectivity index (χ0n) is 12.1. The van der Waals surface area contributed by atoms with Gasteiger partial charge in [-0.1, -0.05) is 0 Å². The van der Waals surface area contributed by atoms with Crippen LogP contribution in [0.5, 0.6) is 5.75 Å². The highest BCUT2D eigenvalue weighted by Gasteiger charge is 2.51. The molecule has 0 unspecified atom stereocenters. The summed E-state index contributed by atoms with van der Waals surface area (Å²) in [5.41, 5.74) is 6.68. The first kappa shape index (κ1) is 13.0. The topological polar surface area (TPSA) is 75.3 Å². The van der Waals surface area contributed by atoms with Crippen LogP contribution in [-0.2, 0) is 0 Å². The zero-order valence-corrected chi connectivity index (χ0v) is 12.1. The molecule has 0 radical (unpaired) electrons. The van der Waals surface area contributed by atoms with Crippen molar-refractivity contribution in [2.75, 3.05) is 5.73 Å². The van der Waals surface area contributed by atoms with Crippen LogP contribution in [0.4, 0.5) is 5.69 Å². The normalized spacial score (nSPS) is 36.7. The maximum Gasteiger partial charge on any atom is 0.253 e. The molecule has 4 heteroatoms. The number of rotatable bonds is 2. The van der Waals surface area contributed by atoms with Crippen LogP contribution in [0.15, 0.2) is 18.2 Å². The number of carbonyl (C=O) groups is 1. The van der Waals surface area contributed by atoms with Gasteiger partial charge in [0, 0.05) is 11.2 Å². The summed E-state index contributed by atoms with van der Waals surface area (Å²) in [4.78, 5) is 12.6. The van der Waals surface area contributed by atoms with E-state index in [4.69, 9.17) is 5.73 Å². The molecule has 0 saturated heterocycles. The van der Waals surface area contributed by atoms with E-state index in [2.05, 4.69) is 5.32 Å². The van der Waals surface area contributed by atoms with Gasteiger partial charge in [0.2, 0.25) is 0 Å². The van der Waals surface area contributed by atoms with Gasteiger partial charge in [-0.05, 0) is 74.5 Å². The number of nitrogens with two attached hydrogens (primary N) is 1. The van der Waals surface area contributed by atoms with Gasteiger partial charge in [0.15, 0.2) is 0 Å². The number of benzene rings is 1. The Morgan fingerprint density at radius 1 is 1.14 bits per heavy atom. The minimum Gasteiger partial charge on any atom is -0.508 e. The summed E-state index contributed by atoms with van der Waals surface area (Å²) in [5, 5.41) is 12.9. The third-order valence-electron chi connectivity index (χ3n) is 5.70. The molecule has 4 N–H and O–H groups in total. The lowest BCUT2D eigenvalue weighted by atomic mass is 9.53. The lowest BCUT2D eigenvalue weighted by Gasteiger charge is -2.56. The molecule has 0 aliphatic heterocycles.